The Balaban J connectivity index is 2.15. The molecule has 1 aliphatic heterocycles. The molecule has 1 aliphatic rings. The van der Waals surface area contributed by atoms with Gasteiger partial charge in [-0.05, 0) is 12.3 Å². The summed E-state index contributed by atoms with van der Waals surface area (Å²) >= 11 is 0. The van der Waals surface area contributed by atoms with Crippen LogP contribution in [0.2, 0.25) is 0 Å². The highest BCUT2D eigenvalue weighted by atomic mass is 15.1. The molecule has 2 rings (SSSR count). The fourth-order valence-electron chi connectivity index (χ4n) is 2.03. The van der Waals surface area contributed by atoms with E-state index in [1.165, 1.54) is 24.4 Å². The van der Waals surface area contributed by atoms with Crippen molar-refractivity contribution < 1.29 is 0 Å². The largest absolute Gasteiger partial charge is 0.332 e. The van der Waals surface area contributed by atoms with Gasteiger partial charge in [-0.2, -0.15) is 0 Å². The summed E-state index contributed by atoms with van der Waals surface area (Å²) in [6, 6.07) is 0. The third-order valence-corrected chi connectivity index (χ3v) is 2.92. The van der Waals surface area contributed by atoms with Crippen molar-refractivity contribution in [1.29, 1.82) is 0 Å². The Kier molecular flexibility index (Phi) is 2.87. The molecule has 0 aromatic carbocycles. The van der Waals surface area contributed by atoms with Crippen molar-refractivity contribution in [3.05, 3.63) is 17.7 Å². The van der Waals surface area contributed by atoms with E-state index in [2.05, 4.69) is 34.9 Å². The zero-order valence-electron chi connectivity index (χ0n) is 9.08. The maximum atomic E-state index is 4.67. The van der Waals surface area contributed by atoms with Crippen LogP contribution in [0, 0.1) is 0 Å². The molecule has 2 heterocycles. The third-order valence-electron chi connectivity index (χ3n) is 2.92. The quantitative estimate of drug-likeness (QED) is 0.794. The summed E-state index contributed by atoms with van der Waals surface area (Å²) in [4.78, 5) is 4.67. The average Bonchev–Trinajstić information content (AvgIpc) is 2.61. The van der Waals surface area contributed by atoms with Crippen molar-refractivity contribution in [2.75, 3.05) is 6.54 Å². The standard InChI is InChI=1S/C11H19N3/c1-3-4-9(2)10-8-14-6-5-12-7-11(14)13-10/h8-9,12H,3-7H2,1-2H3. The molecule has 1 N–H and O–H groups in total. The highest BCUT2D eigenvalue weighted by molar-refractivity contribution is 5.10. The number of imidazole rings is 1. The van der Waals surface area contributed by atoms with E-state index < -0.39 is 0 Å². The van der Waals surface area contributed by atoms with Crippen LogP contribution in [-0.4, -0.2) is 16.1 Å². The molecule has 0 saturated heterocycles. The van der Waals surface area contributed by atoms with Gasteiger partial charge in [0.1, 0.15) is 5.82 Å². The van der Waals surface area contributed by atoms with Crippen LogP contribution in [0.5, 0.6) is 0 Å². The predicted molar refractivity (Wildman–Crippen MR) is 57.3 cm³/mol. The summed E-state index contributed by atoms with van der Waals surface area (Å²) in [6.45, 7) is 7.57. The normalized spacial score (nSPS) is 17.9. The molecule has 0 bridgehead atoms. The van der Waals surface area contributed by atoms with E-state index in [-0.39, 0.29) is 0 Å². The molecule has 14 heavy (non-hydrogen) atoms. The van der Waals surface area contributed by atoms with Gasteiger partial charge < -0.3 is 9.88 Å². The highest BCUT2D eigenvalue weighted by Gasteiger charge is 2.14. The molecule has 1 atom stereocenters. The monoisotopic (exact) mass is 193 g/mol. The molecule has 3 heteroatoms. The van der Waals surface area contributed by atoms with Gasteiger partial charge in [-0.1, -0.05) is 20.3 Å². The minimum absolute atomic E-state index is 0.609. The first-order chi connectivity index (χ1) is 6.81. The molecule has 78 valence electrons. The van der Waals surface area contributed by atoms with Gasteiger partial charge in [0.2, 0.25) is 0 Å². The summed E-state index contributed by atoms with van der Waals surface area (Å²) in [7, 11) is 0. The Morgan fingerprint density at radius 1 is 1.64 bits per heavy atom. The minimum Gasteiger partial charge on any atom is -0.332 e. The molecule has 1 aromatic rings. The van der Waals surface area contributed by atoms with Crippen LogP contribution in [0.25, 0.3) is 0 Å². The first-order valence-electron chi connectivity index (χ1n) is 5.58. The van der Waals surface area contributed by atoms with Crippen molar-refractivity contribution in [1.82, 2.24) is 14.9 Å². The first kappa shape index (κ1) is 9.71. The second-order valence-electron chi connectivity index (χ2n) is 4.14. The van der Waals surface area contributed by atoms with Crippen molar-refractivity contribution in [2.24, 2.45) is 0 Å². The van der Waals surface area contributed by atoms with E-state index in [0.717, 1.165) is 19.6 Å². The lowest BCUT2D eigenvalue weighted by Gasteiger charge is -2.13. The average molecular weight is 193 g/mol. The Morgan fingerprint density at radius 2 is 2.50 bits per heavy atom. The van der Waals surface area contributed by atoms with Gasteiger partial charge in [0.05, 0.1) is 12.2 Å². The van der Waals surface area contributed by atoms with Crippen LogP contribution >= 0.6 is 0 Å². The summed E-state index contributed by atoms with van der Waals surface area (Å²) in [5.41, 5.74) is 1.27. The lowest BCUT2D eigenvalue weighted by atomic mass is 10.0. The van der Waals surface area contributed by atoms with Gasteiger partial charge in [-0.25, -0.2) is 4.98 Å². The molecule has 3 nitrogen and oxygen atoms in total. The van der Waals surface area contributed by atoms with Crippen molar-refractivity contribution in [3.63, 3.8) is 0 Å². The minimum atomic E-state index is 0.609. The van der Waals surface area contributed by atoms with Gasteiger partial charge in [0.25, 0.3) is 0 Å². The summed E-state index contributed by atoms with van der Waals surface area (Å²) < 4.78 is 2.29. The second kappa shape index (κ2) is 4.13. The van der Waals surface area contributed by atoms with Crippen molar-refractivity contribution in [2.45, 2.75) is 45.7 Å². The number of nitrogens with zero attached hydrogens (tertiary/aromatic N) is 2. The lowest BCUT2D eigenvalue weighted by molar-refractivity contribution is 0.505. The zero-order chi connectivity index (χ0) is 9.97. The van der Waals surface area contributed by atoms with Gasteiger partial charge in [-0.3, -0.25) is 0 Å². The van der Waals surface area contributed by atoms with Crippen LogP contribution in [-0.2, 0) is 13.1 Å². The molecular weight excluding hydrogens is 174 g/mol. The van der Waals surface area contributed by atoms with Crippen LogP contribution in [0.4, 0.5) is 0 Å². The Bertz CT molecular complexity index is 280. The van der Waals surface area contributed by atoms with Gasteiger partial charge in [-0.15, -0.1) is 0 Å². The second-order valence-corrected chi connectivity index (χ2v) is 4.14. The van der Waals surface area contributed by atoms with E-state index in [9.17, 15) is 0 Å². The zero-order valence-corrected chi connectivity index (χ0v) is 9.08. The van der Waals surface area contributed by atoms with E-state index in [1.54, 1.807) is 0 Å². The van der Waals surface area contributed by atoms with Gasteiger partial charge >= 0.3 is 0 Å². The Morgan fingerprint density at radius 3 is 3.21 bits per heavy atom. The van der Waals surface area contributed by atoms with Gasteiger partial charge in [0, 0.05) is 19.3 Å². The highest BCUT2D eigenvalue weighted by Crippen LogP contribution is 2.20. The first-order valence-corrected chi connectivity index (χ1v) is 5.58. The van der Waals surface area contributed by atoms with Crippen molar-refractivity contribution in [3.8, 4) is 0 Å². The van der Waals surface area contributed by atoms with E-state index >= 15 is 0 Å². The molecule has 0 amide bonds. The molecule has 0 saturated carbocycles. The van der Waals surface area contributed by atoms with Crippen LogP contribution < -0.4 is 5.32 Å². The van der Waals surface area contributed by atoms with Crippen LogP contribution in [0.3, 0.4) is 0 Å². The third kappa shape index (κ3) is 1.82. The molecular formula is C11H19N3. The maximum Gasteiger partial charge on any atom is 0.123 e. The SMILES string of the molecule is CCCC(C)c1cn2c(n1)CNCC2. The molecule has 1 unspecified atom stereocenters. The number of hydrogen-bond acceptors (Lipinski definition) is 2. The molecule has 0 spiro atoms. The number of rotatable bonds is 3. The summed E-state index contributed by atoms with van der Waals surface area (Å²) in [5, 5.41) is 3.34. The van der Waals surface area contributed by atoms with E-state index in [1.807, 2.05) is 0 Å². The number of hydrogen-bond donors (Lipinski definition) is 1. The lowest BCUT2D eigenvalue weighted by Crippen LogP contribution is -2.27. The van der Waals surface area contributed by atoms with E-state index in [4.69, 9.17) is 0 Å². The Hall–Kier alpha value is -0.830. The topological polar surface area (TPSA) is 29.9 Å². The molecule has 0 radical (unpaired) electrons. The number of nitrogens with one attached hydrogen (secondary N) is 1. The maximum absolute atomic E-state index is 4.67. The molecule has 0 aliphatic carbocycles. The van der Waals surface area contributed by atoms with Crippen LogP contribution in [0.1, 0.15) is 44.1 Å². The fraction of sp³-hybridized carbons (Fsp3) is 0.727. The van der Waals surface area contributed by atoms with Gasteiger partial charge in [0.15, 0.2) is 0 Å². The van der Waals surface area contributed by atoms with Crippen LogP contribution in [0.15, 0.2) is 6.20 Å². The summed E-state index contributed by atoms with van der Waals surface area (Å²) in [5.74, 6) is 1.81. The number of aromatic nitrogens is 2. The summed E-state index contributed by atoms with van der Waals surface area (Å²) in [6.07, 6.45) is 4.71. The predicted octanol–water partition coefficient (Wildman–Crippen LogP) is 1.89. The number of fused-ring (bicyclic) bond motifs is 1. The van der Waals surface area contributed by atoms with E-state index in [0.29, 0.717) is 5.92 Å². The Labute approximate surface area is 85.5 Å². The molecule has 1 aromatic heterocycles. The van der Waals surface area contributed by atoms with Crippen molar-refractivity contribution >= 4 is 0 Å². The fourth-order valence-corrected chi connectivity index (χ4v) is 2.03. The smallest absolute Gasteiger partial charge is 0.123 e. The molecule has 0 fully saturated rings.